The summed E-state index contributed by atoms with van der Waals surface area (Å²) in [5, 5.41) is 16.8. The van der Waals surface area contributed by atoms with Crippen molar-refractivity contribution in [2.24, 2.45) is 7.05 Å². The van der Waals surface area contributed by atoms with Crippen LogP contribution in [0, 0.1) is 0 Å². The zero-order chi connectivity index (χ0) is 16.7. The highest BCUT2D eigenvalue weighted by Gasteiger charge is 2.23. The molecule has 0 fully saturated rings. The van der Waals surface area contributed by atoms with Gasteiger partial charge in [-0.15, -0.1) is 10.2 Å². The Balaban J connectivity index is 2.20. The van der Waals surface area contributed by atoms with Crippen LogP contribution in [0.4, 0.5) is 5.13 Å². The van der Waals surface area contributed by atoms with Crippen LogP contribution in [0.1, 0.15) is 62.7 Å². The molecule has 2 heterocycles. The molecule has 0 saturated carbocycles. The van der Waals surface area contributed by atoms with Gasteiger partial charge >= 0.3 is 0 Å². The molecule has 0 aromatic carbocycles. The van der Waals surface area contributed by atoms with E-state index in [2.05, 4.69) is 62.2 Å². The van der Waals surface area contributed by atoms with E-state index in [9.17, 15) is 4.79 Å². The number of aryl methyl sites for hydroxylation is 1. The molecule has 1 amide bonds. The minimum atomic E-state index is -0.220. The van der Waals surface area contributed by atoms with Crippen molar-refractivity contribution in [3.63, 3.8) is 0 Å². The fraction of sp³-hybridized carbons (Fsp3) is 0.600. The van der Waals surface area contributed by atoms with Crippen LogP contribution in [0.15, 0.2) is 6.07 Å². The molecule has 0 bridgehead atoms. The third kappa shape index (κ3) is 3.52. The molecule has 0 radical (unpaired) electrons. The van der Waals surface area contributed by atoms with Gasteiger partial charge in [0.05, 0.1) is 5.69 Å². The Morgan fingerprint density at radius 1 is 1.14 bits per heavy atom. The van der Waals surface area contributed by atoms with Crippen molar-refractivity contribution in [2.75, 3.05) is 5.32 Å². The second-order valence-electron chi connectivity index (χ2n) is 7.40. The van der Waals surface area contributed by atoms with Crippen LogP contribution >= 0.6 is 11.3 Å². The van der Waals surface area contributed by atoms with Gasteiger partial charge in [0.15, 0.2) is 0 Å². The number of rotatable bonds is 2. The average Bonchev–Trinajstić information content (AvgIpc) is 2.93. The van der Waals surface area contributed by atoms with E-state index in [4.69, 9.17) is 0 Å². The van der Waals surface area contributed by atoms with E-state index in [1.807, 2.05) is 6.07 Å². The van der Waals surface area contributed by atoms with Crippen molar-refractivity contribution < 1.29 is 4.79 Å². The Morgan fingerprint density at radius 3 is 2.23 bits per heavy atom. The lowest BCUT2D eigenvalue weighted by atomic mass is 9.92. The average molecular weight is 321 g/mol. The number of amides is 1. The molecule has 2 aromatic heterocycles. The number of nitrogens with zero attached hydrogens (tertiary/aromatic N) is 4. The zero-order valence-electron chi connectivity index (χ0n) is 14.2. The summed E-state index contributed by atoms with van der Waals surface area (Å²) in [6, 6.07) is 1.82. The molecule has 0 spiro atoms. The summed E-state index contributed by atoms with van der Waals surface area (Å²) < 4.78 is 1.60. The summed E-state index contributed by atoms with van der Waals surface area (Å²) in [4.78, 5) is 12.4. The summed E-state index contributed by atoms with van der Waals surface area (Å²) in [5.41, 5.74) is 1.22. The number of hydrogen-bond donors (Lipinski definition) is 1. The van der Waals surface area contributed by atoms with E-state index in [1.54, 1.807) is 11.7 Å². The van der Waals surface area contributed by atoms with E-state index in [1.165, 1.54) is 11.3 Å². The first kappa shape index (κ1) is 16.6. The molecular weight excluding hydrogens is 298 g/mol. The largest absolute Gasteiger partial charge is 0.295 e. The molecule has 0 saturated heterocycles. The van der Waals surface area contributed by atoms with Crippen molar-refractivity contribution in [1.29, 1.82) is 0 Å². The highest BCUT2D eigenvalue weighted by atomic mass is 32.1. The maximum atomic E-state index is 12.4. The minimum absolute atomic E-state index is 0.0768. The molecule has 2 aromatic rings. The second kappa shape index (κ2) is 5.46. The molecule has 120 valence electrons. The van der Waals surface area contributed by atoms with Gasteiger partial charge in [0.1, 0.15) is 10.7 Å². The number of hydrogen-bond acceptors (Lipinski definition) is 5. The van der Waals surface area contributed by atoms with E-state index >= 15 is 0 Å². The lowest BCUT2D eigenvalue weighted by Gasteiger charge is -2.13. The molecular formula is C15H23N5OS. The van der Waals surface area contributed by atoms with Crippen LogP contribution in [-0.4, -0.2) is 25.9 Å². The highest BCUT2D eigenvalue weighted by Crippen LogP contribution is 2.28. The number of aromatic nitrogens is 4. The quantitative estimate of drug-likeness (QED) is 0.922. The van der Waals surface area contributed by atoms with Gasteiger partial charge in [0, 0.05) is 17.9 Å². The highest BCUT2D eigenvalue weighted by molar-refractivity contribution is 7.15. The van der Waals surface area contributed by atoms with Crippen molar-refractivity contribution in [2.45, 2.75) is 52.4 Å². The molecule has 1 N–H and O–H groups in total. The van der Waals surface area contributed by atoms with Gasteiger partial charge in [-0.05, 0) is 6.07 Å². The number of anilines is 1. The standard InChI is InChI=1S/C15H23N5OS/c1-14(2,3)10-8-9(20(7)19-10)11(21)16-13-18-17-12(22-13)15(4,5)6/h8H,1-7H3,(H,16,18,21). The normalized spacial score (nSPS) is 12.5. The third-order valence-electron chi connectivity index (χ3n) is 3.17. The fourth-order valence-electron chi connectivity index (χ4n) is 1.78. The van der Waals surface area contributed by atoms with Gasteiger partial charge in [0.2, 0.25) is 5.13 Å². The maximum absolute atomic E-state index is 12.4. The first-order chi connectivity index (χ1) is 9.98. The Hall–Kier alpha value is -1.76. The van der Waals surface area contributed by atoms with E-state index in [-0.39, 0.29) is 16.7 Å². The van der Waals surface area contributed by atoms with Crippen LogP contribution in [0.25, 0.3) is 0 Å². The molecule has 0 aliphatic rings. The van der Waals surface area contributed by atoms with Gasteiger partial charge in [-0.2, -0.15) is 5.10 Å². The van der Waals surface area contributed by atoms with Crippen molar-refractivity contribution >= 4 is 22.4 Å². The third-order valence-corrected chi connectivity index (χ3v) is 4.43. The summed E-state index contributed by atoms with van der Waals surface area (Å²) >= 11 is 1.40. The maximum Gasteiger partial charge on any atom is 0.275 e. The molecule has 0 aliphatic carbocycles. The number of nitrogens with one attached hydrogen (secondary N) is 1. The van der Waals surface area contributed by atoms with Crippen molar-refractivity contribution in [1.82, 2.24) is 20.0 Å². The summed E-state index contributed by atoms with van der Waals surface area (Å²) in [6.07, 6.45) is 0. The smallest absolute Gasteiger partial charge is 0.275 e. The van der Waals surface area contributed by atoms with E-state index < -0.39 is 0 Å². The van der Waals surface area contributed by atoms with Gasteiger partial charge in [-0.1, -0.05) is 52.9 Å². The summed E-state index contributed by atoms with van der Waals surface area (Å²) in [6.45, 7) is 12.4. The molecule has 22 heavy (non-hydrogen) atoms. The lowest BCUT2D eigenvalue weighted by Crippen LogP contribution is -2.15. The fourth-order valence-corrected chi connectivity index (χ4v) is 2.58. The molecule has 0 aliphatic heterocycles. The van der Waals surface area contributed by atoms with Crippen LogP contribution in [0.2, 0.25) is 0 Å². The Morgan fingerprint density at radius 2 is 1.77 bits per heavy atom. The first-order valence-electron chi connectivity index (χ1n) is 7.18. The van der Waals surface area contributed by atoms with Crippen LogP contribution in [0.5, 0.6) is 0 Å². The van der Waals surface area contributed by atoms with Crippen molar-refractivity contribution in [3.05, 3.63) is 22.5 Å². The Labute approximate surface area is 135 Å². The SMILES string of the molecule is Cn1nc(C(C)(C)C)cc1C(=O)Nc1nnc(C(C)(C)C)s1. The van der Waals surface area contributed by atoms with Crippen LogP contribution in [-0.2, 0) is 17.9 Å². The van der Waals surface area contributed by atoms with Crippen LogP contribution < -0.4 is 5.32 Å². The Bertz CT molecular complexity index is 688. The van der Waals surface area contributed by atoms with E-state index in [0.717, 1.165) is 10.7 Å². The predicted molar refractivity (Wildman–Crippen MR) is 88.5 cm³/mol. The number of carbonyl (C=O) groups excluding carboxylic acids is 1. The van der Waals surface area contributed by atoms with Crippen molar-refractivity contribution in [3.8, 4) is 0 Å². The van der Waals surface area contributed by atoms with Crippen LogP contribution in [0.3, 0.4) is 0 Å². The van der Waals surface area contributed by atoms with E-state index in [0.29, 0.717) is 10.8 Å². The molecule has 0 atom stereocenters. The zero-order valence-corrected chi connectivity index (χ0v) is 15.0. The summed E-state index contributed by atoms with van der Waals surface area (Å²) in [7, 11) is 1.77. The summed E-state index contributed by atoms with van der Waals surface area (Å²) in [5.74, 6) is -0.220. The second-order valence-corrected chi connectivity index (χ2v) is 8.38. The molecule has 0 unspecified atom stereocenters. The molecule has 6 nitrogen and oxygen atoms in total. The molecule has 7 heteroatoms. The Kier molecular flexibility index (Phi) is 4.12. The van der Waals surface area contributed by atoms with Gasteiger partial charge in [-0.25, -0.2) is 0 Å². The predicted octanol–water partition coefficient (Wildman–Crippen LogP) is 3.12. The topological polar surface area (TPSA) is 72.7 Å². The first-order valence-corrected chi connectivity index (χ1v) is 8.00. The monoisotopic (exact) mass is 321 g/mol. The van der Waals surface area contributed by atoms with Gasteiger partial charge in [-0.3, -0.25) is 14.8 Å². The van der Waals surface area contributed by atoms with Gasteiger partial charge in [0.25, 0.3) is 5.91 Å². The van der Waals surface area contributed by atoms with Gasteiger partial charge < -0.3 is 0 Å². The molecule has 2 rings (SSSR count). The number of carbonyl (C=O) groups is 1. The minimum Gasteiger partial charge on any atom is -0.295 e. The lowest BCUT2D eigenvalue weighted by molar-refractivity contribution is 0.101.